The first kappa shape index (κ1) is 23.9. The molecule has 0 aliphatic carbocycles. The molecule has 1 heterocycles. The molecular formula is C12H25O12S2+. The Bertz CT molecular complexity index is 530. The van der Waals surface area contributed by atoms with E-state index in [0.29, 0.717) is 0 Å². The van der Waals surface area contributed by atoms with E-state index in [9.17, 15) is 39.1 Å². The van der Waals surface area contributed by atoms with E-state index in [-0.39, 0.29) is 5.75 Å². The van der Waals surface area contributed by atoms with Crippen LogP contribution in [0.5, 0.6) is 0 Å². The Kier molecular flexibility index (Phi) is 9.12. The molecule has 1 rings (SSSR count). The Morgan fingerprint density at radius 2 is 1.62 bits per heavy atom. The second kappa shape index (κ2) is 9.90. The molecule has 26 heavy (non-hydrogen) atoms. The molecule has 1 aliphatic heterocycles. The van der Waals surface area contributed by atoms with Crippen LogP contribution in [0.3, 0.4) is 0 Å². The quantitative estimate of drug-likeness (QED) is 0.118. The highest BCUT2D eigenvalue weighted by Crippen LogP contribution is 2.28. The van der Waals surface area contributed by atoms with Crippen molar-refractivity contribution in [1.82, 2.24) is 0 Å². The topological polar surface area (TPSA) is 225 Å². The van der Waals surface area contributed by atoms with Crippen LogP contribution in [0.4, 0.5) is 0 Å². The van der Waals surface area contributed by atoms with E-state index in [2.05, 4.69) is 4.18 Å². The number of rotatable bonds is 10. The summed E-state index contributed by atoms with van der Waals surface area (Å²) < 4.78 is 34.9. The Morgan fingerprint density at radius 3 is 2.08 bits per heavy atom. The van der Waals surface area contributed by atoms with E-state index in [1.807, 2.05) is 0 Å². The summed E-state index contributed by atoms with van der Waals surface area (Å²) >= 11 is 0. The fraction of sp³-hybridized carbons (Fsp3) is 1.00. The van der Waals surface area contributed by atoms with Gasteiger partial charge in [-0.2, -0.15) is 8.42 Å². The summed E-state index contributed by atoms with van der Waals surface area (Å²) in [5.41, 5.74) is 0. The molecule has 1 unspecified atom stereocenters. The van der Waals surface area contributed by atoms with Gasteiger partial charge in [0.05, 0.1) is 13.2 Å². The van der Waals surface area contributed by atoms with Crippen LogP contribution in [0.2, 0.25) is 0 Å². The van der Waals surface area contributed by atoms with Crippen molar-refractivity contribution in [2.24, 2.45) is 0 Å². The number of hydrogen-bond donors (Lipinski definition) is 9. The van der Waals surface area contributed by atoms with Gasteiger partial charge in [-0.25, -0.2) is 4.18 Å². The van der Waals surface area contributed by atoms with Crippen molar-refractivity contribution in [1.29, 1.82) is 0 Å². The van der Waals surface area contributed by atoms with Gasteiger partial charge in [0.25, 0.3) is 0 Å². The van der Waals surface area contributed by atoms with Crippen LogP contribution in [0.15, 0.2) is 0 Å². The summed E-state index contributed by atoms with van der Waals surface area (Å²) in [6.07, 6.45) is -12.0. The van der Waals surface area contributed by atoms with Crippen molar-refractivity contribution in [2.75, 3.05) is 24.7 Å². The summed E-state index contributed by atoms with van der Waals surface area (Å²) in [5, 5.41) is 75.9. The predicted octanol–water partition coefficient (Wildman–Crippen LogP) is -5.68. The van der Waals surface area contributed by atoms with E-state index in [0.717, 1.165) is 0 Å². The lowest BCUT2D eigenvalue weighted by molar-refractivity contribution is -0.1000. The minimum Gasteiger partial charge on any atom is -0.394 e. The van der Waals surface area contributed by atoms with Crippen molar-refractivity contribution >= 4 is 21.3 Å². The van der Waals surface area contributed by atoms with Crippen LogP contribution >= 0.6 is 0 Å². The van der Waals surface area contributed by atoms with Crippen LogP contribution in [0.1, 0.15) is 0 Å². The fourth-order valence-electron chi connectivity index (χ4n) is 2.71. The molecule has 0 saturated carbocycles. The normalized spacial score (nSPS) is 32.8. The molecule has 1 fully saturated rings. The Morgan fingerprint density at radius 1 is 1.04 bits per heavy atom. The van der Waals surface area contributed by atoms with Gasteiger partial charge in [-0.1, -0.05) is 0 Å². The van der Waals surface area contributed by atoms with Crippen molar-refractivity contribution in [2.45, 2.75) is 48.0 Å². The van der Waals surface area contributed by atoms with Crippen molar-refractivity contribution in [3.63, 3.8) is 0 Å². The fourth-order valence-corrected chi connectivity index (χ4v) is 6.18. The molecule has 0 bridgehead atoms. The highest BCUT2D eigenvalue weighted by molar-refractivity contribution is 7.97. The minimum atomic E-state index is -5.14. The van der Waals surface area contributed by atoms with Crippen molar-refractivity contribution < 1.29 is 58.0 Å². The molecule has 14 heteroatoms. The average Bonchev–Trinajstić information content (AvgIpc) is 2.83. The van der Waals surface area contributed by atoms with Gasteiger partial charge in [-0.3, -0.25) is 4.55 Å². The van der Waals surface area contributed by atoms with Crippen LogP contribution in [-0.2, 0) is 25.5 Å². The summed E-state index contributed by atoms with van der Waals surface area (Å²) in [4.78, 5) is 0. The van der Waals surface area contributed by atoms with Crippen molar-refractivity contribution in [3.05, 3.63) is 0 Å². The van der Waals surface area contributed by atoms with E-state index in [1.165, 1.54) is 0 Å². The van der Waals surface area contributed by atoms with E-state index in [4.69, 9.17) is 14.8 Å². The standard InChI is InChI=1S/C12H24O12S2/c13-1-5(15)9(19)11(24-26(21,22)23)8(18)4-25-3-7(17)10(20)12(25)6(16)2-14/h5-20H,1-4H2/p+1/t5-,6-,7+,8+,9-,10+,11-,12-,25?/m1/s1. The zero-order valence-electron chi connectivity index (χ0n) is 13.5. The SMILES string of the molecule is O=S(=O)(O)O[C@@H]([C@H](O)[C@H](O)CO)[C@@H](O)C[S+]1C[C@H](O)[C@H](O)[C@H]1[C@H](O)CO. The van der Waals surface area contributed by atoms with Gasteiger partial charge in [0.2, 0.25) is 0 Å². The first-order chi connectivity index (χ1) is 11.9. The molecule has 0 amide bonds. The van der Waals surface area contributed by atoms with E-state index >= 15 is 0 Å². The molecule has 12 nitrogen and oxygen atoms in total. The zero-order valence-corrected chi connectivity index (χ0v) is 15.1. The molecule has 1 saturated heterocycles. The highest BCUT2D eigenvalue weighted by Gasteiger charge is 2.54. The highest BCUT2D eigenvalue weighted by atomic mass is 32.3. The Hall–Kier alpha value is -0.100. The van der Waals surface area contributed by atoms with Gasteiger partial charge in [-0.05, 0) is 0 Å². The van der Waals surface area contributed by atoms with Crippen LogP contribution in [0.25, 0.3) is 0 Å². The third-order valence-electron chi connectivity index (χ3n) is 3.98. The first-order valence-electron chi connectivity index (χ1n) is 7.55. The third kappa shape index (κ3) is 6.22. The maximum atomic E-state index is 10.9. The monoisotopic (exact) mass is 425 g/mol. The maximum absolute atomic E-state index is 10.9. The summed E-state index contributed by atoms with van der Waals surface area (Å²) in [6.45, 7) is -1.72. The van der Waals surface area contributed by atoms with Crippen LogP contribution in [0, 0.1) is 0 Å². The molecule has 0 aromatic carbocycles. The predicted molar refractivity (Wildman–Crippen MR) is 87.5 cm³/mol. The second-order valence-corrected chi connectivity index (χ2v) is 9.27. The number of aliphatic hydroxyl groups is 8. The molecule has 0 spiro atoms. The lowest BCUT2D eigenvalue weighted by atomic mass is 10.0. The summed E-state index contributed by atoms with van der Waals surface area (Å²) in [6, 6.07) is 0. The van der Waals surface area contributed by atoms with Gasteiger partial charge in [0, 0.05) is 10.9 Å². The summed E-state index contributed by atoms with van der Waals surface area (Å²) in [7, 11) is -6.28. The lowest BCUT2D eigenvalue weighted by Gasteiger charge is -2.28. The average molecular weight is 425 g/mol. The maximum Gasteiger partial charge on any atom is 0.397 e. The van der Waals surface area contributed by atoms with Gasteiger partial charge >= 0.3 is 10.4 Å². The lowest BCUT2D eigenvalue weighted by Crippen LogP contribution is -2.52. The largest absolute Gasteiger partial charge is 0.397 e. The Balaban J connectivity index is 2.98. The Labute approximate surface area is 152 Å². The molecule has 9 N–H and O–H groups in total. The molecule has 0 radical (unpaired) electrons. The molecule has 9 atom stereocenters. The van der Waals surface area contributed by atoms with Gasteiger partial charge < -0.3 is 40.9 Å². The summed E-state index contributed by atoms with van der Waals surface area (Å²) in [5.74, 6) is -0.484. The number of hydrogen-bond acceptors (Lipinski definition) is 11. The first-order valence-corrected chi connectivity index (χ1v) is 10.5. The van der Waals surface area contributed by atoms with Crippen LogP contribution < -0.4 is 0 Å². The van der Waals surface area contributed by atoms with E-state index < -0.39 is 88.2 Å². The zero-order chi connectivity index (χ0) is 20.2. The molecule has 0 aromatic rings. The number of aliphatic hydroxyl groups excluding tert-OH is 8. The minimum absolute atomic E-state index is 0.0861. The van der Waals surface area contributed by atoms with Gasteiger partial charge in [-0.15, -0.1) is 0 Å². The molecule has 0 aromatic heterocycles. The van der Waals surface area contributed by atoms with E-state index in [1.54, 1.807) is 0 Å². The van der Waals surface area contributed by atoms with Gasteiger partial charge in [0.15, 0.2) is 5.25 Å². The molecular weight excluding hydrogens is 400 g/mol. The smallest absolute Gasteiger partial charge is 0.394 e. The third-order valence-corrected chi connectivity index (χ3v) is 7.35. The second-order valence-electron chi connectivity index (χ2n) is 5.94. The van der Waals surface area contributed by atoms with Crippen LogP contribution in [-0.4, -0.2) is 127 Å². The van der Waals surface area contributed by atoms with Crippen molar-refractivity contribution in [3.8, 4) is 0 Å². The molecule has 156 valence electrons. The van der Waals surface area contributed by atoms with Gasteiger partial charge in [0.1, 0.15) is 54.2 Å². The molecule has 1 aliphatic rings.